The number of rotatable bonds is 6. The van der Waals surface area contributed by atoms with Crippen LogP contribution in [0.1, 0.15) is 26.3 Å². The molecule has 0 saturated heterocycles. The molecule has 0 unspecified atom stereocenters. The quantitative estimate of drug-likeness (QED) is 0.601. The normalized spacial score (nSPS) is 10.5. The molecule has 0 saturated carbocycles. The van der Waals surface area contributed by atoms with Gasteiger partial charge < -0.3 is 19.7 Å². The summed E-state index contributed by atoms with van der Waals surface area (Å²) in [5, 5.41) is 24.4. The molecule has 2 N–H and O–H groups in total. The number of carboxylic acid groups (broad SMARTS) is 1. The Bertz CT molecular complexity index is 832. The van der Waals surface area contributed by atoms with E-state index in [4.69, 9.17) is 9.47 Å². The highest BCUT2D eigenvalue weighted by atomic mass is 16.5. The standard InChI is InChI=1S/C17H16N2O6/c1-24-13-7-6-11(14(17(22)23)15(13)25-2)9-18-19-16(21)10-4-3-5-12(20)8-10/h3-9,20H,1-2H3,(H,19,21)(H,22,23)/p-1/b18-9-. The molecular weight excluding hydrogens is 328 g/mol. The van der Waals surface area contributed by atoms with Gasteiger partial charge in [-0.3, -0.25) is 4.79 Å². The minimum atomic E-state index is -1.23. The first-order valence-corrected chi connectivity index (χ1v) is 7.06. The molecular formula is C17H15N2O6-. The summed E-state index contributed by atoms with van der Waals surface area (Å²) >= 11 is 0. The topological polar surface area (TPSA) is 120 Å². The number of hydrogen-bond donors (Lipinski definition) is 2. The monoisotopic (exact) mass is 343 g/mol. The van der Waals surface area contributed by atoms with Crippen molar-refractivity contribution in [3.8, 4) is 17.2 Å². The summed E-state index contributed by atoms with van der Waals surface area (Å²) in [5.41, 5.74) is 2.44. The SMILES string of the molecule is COc1ccc(/C=N\NC(=O)c2cccc([O-])c2)c(C(=O)O)c1OC. The molecule has 8 nitrogen and oxygen atoms in total. The van der Waals surface area contributed by atoms with Crippen LogP contribution in [0.4, 0.5) is 0 Å². The van der Waals surface area contributed by atoms with Crippen molar-refractivity contribution in [1.29, 1.82) is 0 Å². The van der Waals surface area contributed by atoms with Crippen molar-refractivity contribution in [3.63, 3.8) is 0 Å². The zero-order valence-electron chi connectivity index (χ0n) is 13.5. The molecule has 0 bridgehead atoms. The minimum absolute atomic E-state index is 0.0457. The maximum Gasteiger partial charge on any atom is 0.340 e. The van der Waals surface area contributed by atoms with E-state index in [-0.39, 0.29) is 33.9 Å². The molecule has 0 aromatic heterocycles. The lowest BCUT2D eigenvalue weighted by atomic mass is 10.1. The summed E-state index contributed by atoms with van der Waals surface area (Å²) in [6.07, 6.45) is 1.17. The summed E-state index contributed by atoms with van der Waals surface area (Å²) in [6, 6.07) is 8.41. The van der Waals surface area contributed by atoms with Gasteiger partial charge in [-0.25, -0.2) is 10.2 Å². The molecule has 130 valence electrons. The van der Waals surface area contributed by atoms with Gasteiger partial charge >= 0.3 is 5.97 Å². The number of hydrazone groups is 1. The van der Waals surface area contributed by atoms with E-state index in [0.717, 1.165) is 0 Å². The number of carboxylic acids is 1. The maximum atomic E-state index is 11.9. The highest BCUT2D eigenvalue weighted by molar-refractivity contribution is 6.02. The number of carbonyl (C=O) groups is 2. The second kappa shape index (κ2) is 7.82. The van der Waals surface area contributed by atoms with Crippen LogP contribution >= 0.6 is 0 Å². The fourth-order valence-corrected chi connectivity index (χ4v) is 2.13. The average Bonchev–Trinajstić information content (AvgIpc) is 2.60. The van der Waals surface area contributed by atoms with Crippen molar-refractivity contribution in [2.45, 2.75) is 0 Å². The summed E-state index contributed by atoms with van der Waals surface area (Å²) in [7, 11) is 2.71. The largest absolute Gasteiger partial charge is 0.872 e. The molecule has 1 amide bonds. The Morgan fingerprint density at radius 2 is 1.96 bits per heavy atom. The summed E-state index contributed by atoms with van der Waals surface area (Å²) in [6.45, 7) is 0. The number of ether oxygens (including phenoxy) is 2. The van der Waals surface area contributed by atoms with Crippen LogP contribution in [0, 0.1) is 0 Å². The Kier molecular flexibility index (Phi) is 5.57. The van der Waals surface area contributed by atoms with E-state index < -0.39 is 11.9 Å². The molecule has 0 radical (unpaired) electrons. The van der Waals surface area contributed by atoms with Gasteiger partial charge in [0.25, 0.3) is 5.91 Å². The van der Waals surface area contributed by atoms with Crippen LogP contribution < -0.4 is 20.0 Å². The molecule has 0 aliphatic rings. The van der Waals surface area contributed by atoms with Crippen molar-refractivity contribution in [2.75, 3.05) is 14.2 Å². The molecule has 0 atom stereocenters. The zero-order valence-corrected chi connectivity index (χ0v) is 13.5. The van der Waals surface area contributed by atoms with Gasteiger partial charge in [0.2, 0.25) is 0 Å². The van der Waals surface area contributed by atoms with Gasteiger partial charge in [-0.2, -0.15) is 5.10 Å². The van der Waals surface area contributed by atoms with Gasteiger partial charge in [0.15, 0.2) is 11.5 Å². The third-order valence-electron chi connectivity index (χ3n) is 3.26. The predicted molar refractivity (Wildman–Crippen MR) is 87.5 cm³/mol. The van der Waals surface area contributed by atoms with Crippen LogP contribution in [0.25, 0.3) is 0 Å². The second-order valence-corrected chi connectivity index (χ2v) is 4.80. The van der Waals surface area contributed by atoms with Gasteiger partial charge in [0, 0.05) is 11.1 Å². The van der Waals surface area contributed by atoms with Crippen molar-refractivity contribution < 1.29 is 29.3 Å². The molecule has 2 aromatic carbocycles. The molecule has 0 aliphatic heterocycles. The third kappa shape index (κ3) is 4.05. The second-order valence-electron chi connectivity index (χ2n) is 4.80. The Labute approximate surface area is 143 Å². The van der Waals surface area contributed by atoms with Crippen molar-refractivity contribution in [2.24, 2.45) is 5.10 Å². The van der Waals surface area contributed by atoms with Gasteiger partial charge in [-0.1, -0.05) is 18.2 Å². The number of aromatic carboxylic acids is 1. The van der Waals surface area contributed by atoms with Crippen LogP contribution in [-0.4, -0.2) is 37.4 Å². The first-order valence-electron chi connectivity index (χ1n) is 7.06. The van der Waals surface area contributed by atoms with E-state index in [2.05, 4.69) is 10.5 Å². The van der Waals surface area contributed by atoms with Crippen molar-refractivity contribution >= 4 is 18.1 Å². The Morgan fingerprint density at radius 3 is 2.56 bits per heavy atom. The Morgan fingerprint density at radius 1 is 1.20 bits per heavy atom. The smallest absolute Gasteiger partial charge is 0.340 e. The molecule has 0 fully saturated rings. The Hall–Kier alpha value is -3.55. The molecule has 2 rings (SSSR count). The molecule has 0 heterocycles. The fourth-order valence-electron chi connectivity index (χ4n) is 2.13. The first-order chi connectivity index (χ1) is 12.0. The number of amides is 1. The number of nitrogens with one attached hydrogen (secondary N) is 1. The van der Waals surface area contributed by atoms with E-state index >= 15 is 0 Å². The highest BCUT2D eigenvalue weighted by Gasteiger charge is 2.20. The van der Waals surface area contributed by atoms with Crippen LogP contribution in [0.15, 0.2) is 41.5 Å². The van der Waals surface area contributed by atoms with E-state index in [1.165, 1.54) is 56.8 Å². The van der Waals surface area contributed by atoms with Crippen LogP contribution in [0.3, 0.4) is 0 Å². The lowest BCUT2D eigenvalue weighted by molar-refractivity contribution is -0.268. The number of carbonyl (C=O) groups excluding carboxylic acids is 1. The van der Waals surface area contributed by atoms with Crippen molar-refractivity contribution in [3.05, 3.63) is 53.1 Å². The summed E-state index contributed by atoms with van der Waals surface area (Å²) in [4.78, 5) is 23.4. The summed E-state index contributed by atoms with van der Waals surface area (Å²) < 4.78 is 10.2. The molecule has 0 spiro atoms. The van der Waals surface area contributed by atoms with Crippen LogP contribution in [-0.2, 0) is 0 Å². The molecule has 25 heavy (non-hydrogen) atoms. The summed E-state index contributed by atoms with van der Waals surface area (Å²) in [5.74, 6) is -1.82. The minimum Gasteiger partial charge on any atom is -0.872 e. The number of nitrogens with zero attached hydrogens (tertiary/aromatic N) is 1. The van der Waals surface area contributed by atoms with E-state index in [9.17, 15) is 19.8 Å². The predicted octanol–water partition coefficient (Wildman–Crippen LogP) is 1.24. The van der Waals surface area contributed by atoms with Gasteiger partial charge in [0.05, 0.1) is 20.4 Å². The molecule has 2 aromatic rings. The number of hydrogen-bond acceptors (Lipinski definition) is 6. The van der Waals surface area contributed by atoms with Crippen molar-refractivity contribution in [1.82, 2.24) is 5.43 Å². The lowest BCUT2D eigenvalue weighted by Crippen LogP contribution is -2.18. The molecule has 0 aliphatic carbocycles. The zero-order chi connectivity index (χ0) is 18.4. The number of benzene rings is 2. The maximum absolute atomic E-state index is 11.9. The lowest BCUT2D eigenvalue weighted by Gasteiger charge is -2.12. The molecule has 8 heteroatoms. The van der Waals surface area contributed by atoms with E-state index in [0.29, 0.717) is 0 Å². The van der Waals surface area contributed by atoms with Crippen LogP contribution in [0.2, 0.25) is 0 Å². The van der Waals surface area contributed by atoms with Crippen LogP contribution in [0.5, 0.6) is 17.2 Å². The van der Waals surface area contributed by atoms with Gasteiger partial charge in [-0.05, 0) is 18.2 Å². The fraction of sp³-hybridized carbons (Fsp3) is 0.118. The van der Waals surface area contributed by atoms with E-state index in [1.54, 1.807) is 0 Å². The Balaban J connectivity index is 2.26. The number of methoxy groups -OCH3 is 2. The van der Waals surface area contributed by atoms with E-state index in [1.807, 2.05) is 0 Å². The third-order valence-corrected chi connectivity index (χ3v) is 3.26. The average molecular weight is 343 g/mol. The highest BCUT2D eigenvalue weighted by Crippen LogP contribution is 2.32. The van der Waals surface area contributed by atoms with Gasteiger partial charge in [0.1, 0.15) is 5.56 Å². The first kappa shape index (κ1) is 17.8. The van der Waals surface area contributed by atoms with Gasteiger partial charge in [-0.15, -0.1) is 5.75 Å².